The van der Waals surface area contributed by atoms with Crippen molar-refractivity contribution < 1.29 is 9.53 Å². The normalized spacial score (nSPS) is 11.2. The van der Waals surface area contributed by atoms with Crippen LogP contribution in [0.25, 0.3) is 0 Å². The molecule has 0 spiro atoms. The van der Waals surface area contributed by atoms with Crippen LogP contribution < -0.4 is 10.6 Å². The van der Waals surface area contributed by atoms with Crippen molar-refractivity contribution in [1.82, 2.24) is 9.97 Å². The van der Waals surface area contributed by atoms with Crippen LogP contribution in [0.15, 0.2) is 12.4 Å². The molecule has 0 unspecified atom stereocenters. The van der Waals surface area contributed by atoms with Crippen molar-refractivity contribution in [3.05, 3.63) is 18.1 Å². The molecule has 1 aromatic heterocycles. The van der Waals surface area contributed by atoms with Crippen LogP contribution in [0.1, 0.15) is 24.3 Å². The fraction of sp³-hybridized carbons (Fsp3) is 0.583. The second-order valence-corrected chi connectivity index (χ2v) is 4.98. The van der Waals surface area contributed by atoms with E-state index in [1.54, 1.807) is 6.20 Å². The predicted octanol–water partition coefficient (Wildman–Crippen LogP) is 0.684. The standard InChI is InChI=1S/C12H20N4O2/c1-12(2,7-13)8-16(3)10-6-14-5-9(15-10)11(17)18-4/h5-6H,7-8,13H2,1-4H3. The zero-order valence-electron chi connectivity index (χ0n) is 11.3. The Bertz CT molecular complexity index is 420. The average Bonchev–Trinajstić information content (AvgIpc) is 2.37. The number of carbonyl (C=O) groups excluding carboxylic acids is 1. The number of nitrogens with two attached hydrogens (primary N) is 1. The highest BCUT2D eigenvalue weighted by molar-refractivity contribution is 5.87. The molecule has 1 aromatic rings. The van der Waals surface area contributed by atoms with Gasteiger partial charge in [0.2, 0.25) is 0 Å². The summed E-state index contributed by atoms with van der Waals surface area (Å²) in [6, 6.07) is 0. The quantitative estimate of drug-likeness (QED) is 0.776. The number of aromatic nitrogens is 2. The Morgan fingerprint density at radius 2 is 2.17 bits per heavy atom. The van der Waals surface area contributed by atoms with Gasteiger partial charge in [-0.15, -0.1) is 0 Å². The van der Waals surface area contributed by atoms with Gasteiger partial charge < -0.3 is 15.4 Å². The first-order valence-corrected chi connectivity index (χ1v) is 5.71. The zero-order valence-corrected chi connectivity index (χ0v) is 11.3. The lowest BCUT2D eigenvalue weighted by Crippen LogP contribution is -2.37. The van der Waals surface area contributed by atoms with Crippen molar-refractivity contribution in [1.29, 1.82) is 0 Å². The van der Waals surface area contributed by atoms with E-state index in [0.717, 1.165) is 6.54 Å². The van der Waals surface area contributed by atoms with Crippen LogP contribution in [-0.4, -0.2) is 43.2 Å². The first kappa shape index (κ1) is 14.4. The maximum Gasteiger partial charge on any atom is 0.358 e. The zero-order chi connectivity index (χ0) is 13.8. The molecule has 2 N–H and O–H groups in total. The van der Waals surface area contributed by atoms with E-state index < -0.39 is 5.97 Å². The molecule has 0 atom stereocenters. The molecule has 0 fully saturated rings. The van der Waals surface area contributed by atoms with Crippen LogP contribution in [0, 0.1) is 5.41 Å². The fourth-order valence-corrected chi connectivity index (χ4v) is 1.53. The molecule has 0 saturated carbocycles. The van der Waals surface area contributed by atoms with Gasteiger partial charge in [-0.1, -0.05) is 13.8 Å². The summed E-state index contributed by atoms with van der Waals surface area (Å²) in [6.45, 7) is 5.44. The third-order valence-electron chi connectivity index (χ3n) is 2.63. The summed E-state index contributed by atoms with van der Waals surface area (Å²) in [5.41, 5.74) is 5.87. The van der Waals surface area contributed by atoms with Gasteiger partial charge in [-0.2, -0.15) is 0 Å². The van der Waals surface area contributed by atoms with Crippen LogP contribution >= 0.6 is 0 Å². The van der Waals surface area contributed by atoms with Crippen LogP contribution in [0.3, 0.4) is 0 Å². The number of nitrogens with zero attached hydrogens (tertiary/aromatic N) is 3. The average molecular weight is 252 g/mol. The Balaban J connectivity index is 2.86. The number of rotatable bonds is 5. The summed E-state index contributed by atoms with van der Waals surface area (Å²) >= 11 is 0. The molecule has 0 amide bonds. The van der Waals surface area contributed by atoms with Crippen molar-refractivity contribution in [3.63, 3.8) is 0 Å². The van der Waals surface area contributed by atoms with Gasteiger partial charge in [-0.3, -0.25) is 4.98 Å². The summed E-state index contributed by atoms with van der Waals surface area (Å²) in [4.78, 5) is 21.5. The highest BCUT2D eigenvalue weighted by Gasteiger charge is 2.20. The van der Waals surface area contributed by atoms with E-state index in [4.69, 9.17) is 5.73 Å². The third kappa shape index (κ3) is 3.66. The molecule has 0 aromatic carbocycles. The van der Waals surface area contributed by atoms with E-state index >= 15 is 0 Å². The SMILES string of the molecule is COC(=O)c1cncc(N(C)CC(C)(C)CN)n1. The summed E-state index contributed by atoms with van der Waals surface area (Å²) in [5.74, 6) is 0.135. The molecule has 100 valence electrons. The maximum atomic E-state index is 11.4. The van der Waals surface area contributed by atoms with Gasteiger partial charge in [0.05, 0.1) is 19.5 Å². The largest absolute Gasteiger partial charge is 0.464 e. The van der Waals surface area contributed by atoms with Crippen LogP contribution in [0.5, 0.6) is 0 Å². The van der Waals surface area contributed by atoms with E-state index in [0.29, 0.717) is 12.4 Å². The lowest BCUT2D eigenvalue weighted by Gasteiger charge is -2.29. The van der Waals surface area contributed by atoms with Crippen molar-refractivity contribution >= 4 is 11.8 Å². The minimum atomic E-state index is -0.490. The van der Waals surface area contributed by atoms with Crippen molar-refractivity contribution in [2.45, 2.75) is 13.8 Å². The molecule has 0 aliphatic heterocycles. The van der Waals surface area contributed by atoms with E-state index in [9.17, 15) is 4.79 Å². The molecule has 0 aliphatic rings. The maximum absolute atomic E-state index is 11.4. The Morgan fingerprint density at radius 1 is 1.50 bits per heavy atom. The second-order valence-electron chi connectivity index (χ2n) is 4.98. The molecule has 0 saturated heterocycles. The Kier molecular flexibility index (Phi) is 4.61. The molecule has 6 nitrogen and oxygen atoms in total. The molecule has 18 heavy (non-hydrogen) atoms. The number of hydrogen-bond acceptors (Lipinski definition) is 6. The highest BCUT2D eigenvalue weighted by Crippen LogP contribution is 2.18. The van der Waals surface area contributed by atoms with Gasteiger partial charge >= 0.3 is 5.97 Å². The van der Waals surface area contributed by atoms with E-state index in [-0.39, 0.29) is 11.1 Å². The first-order chi connectivity index (χ1) is 8.39. The summed E-state index contributed by atoms with van der Waals surface area (Å²) in [5, 5.41) is 0. The molecule has 0 aliphatic carbocycles. The molecule has 6 heteroatoms. The molecule has 1 heterocycles. The molecular weight excluding hydrogens is 232 g/mol. The smallest absolute Gasteiger partial charge is 0.358 e. The fourth-order valence-electron chi connectivity index (χ4n) is 1.53. The lowest BCUT2D eigenvalue weighted by molar-refractivity contribution is 0.0593. The molecular formula is C12H20N4O2. The van der Waals surface area contributed by atoms with E-state index in [1.165, 1.54) is 13.3 Å². The minimum absolute atomic E-state index is 0.0301. The number of methoxy groups -OCH3 is 1. The monoisotopic (exact) mass is 252 g/mol. The van der Waals surface area contributed by atoms with E-state index in [1.807, 2.05) is 11.9 Å². The third-order valence-corrected chi connectivity index (χ3v) is 2.63. The van der Waals surface area contributed by atoms with Crippen LogP contribution in [0.4, 0.5) is 5.82 Å². The number of esters is 1. The Labute approximate surface area is 107 Å². The lowest BCUT2D eigenvalue weighted by atomic mass is 9.93. The van der Waals surface area contributed by atoms with E-state index in [2.05, 4.69) is 28.6 Å². The number of ether oxygens (including phenoxy) is 1. The van der Waals surface area contributed by atoms with Gasteiger partial charge in [0.15, 0.2) is 5.69 Å². The van der Waals surface area contributed by atoms with Crippen LogP contribution in [-0.2, 0) is 4.74 Å². The van der Waals surface area contributed by atoms with Crippen molar-refractivity contribution in [2.24, 2.45) is 11.1 Å². The number of anilines is 1. The molecule has 0 radical (unpaired) electrons. The number of hydrogen-bond donors (Lipinski definition) is 1. The summed E-state index contributed by atoms with van der Waals surface area (Å²) in [6.07, 6.45) is 3.00. The molecule has 1 rings (SSSR count). The van der Waals surface area contributed by atoms with Gasteiger partial charge in [0, 0.05) is 13.6 Å². The molecule has 0 bridgehead atoms. The van der Waals surface area contributed by atoms with Gasteiger partial charge in [0.1, 0.15) is 5.82 Å². The van der Waals surface area contributed by atoms with Gasteiger partial charge in [-0.25, -0.2) is 9.78 Å². The summed E-state index contributed by atoms with van der Waals surface area (Å²) < 4.78 is 4.61. The predicted molar refractivity (Wildman–Crippen MR) is 69.5 cm³/mol. The topological polar surface area (TPSA) is 81.3 Å². The Morgan fingerprint density at radius 3 is 2.72 bits per heavy atom. The first-order valence-electron chi connectivity index (χ1n) is 5.71. The highest BCUT2D eigenvalue weighted by atomic mass is 16.5. The summed E-state index contributed by atoms with van der Waals surface area (Å²) in [7, 11) is 3.21. The number of carbonyl (C=O) groups is 1. The minimum Gasteiger partial charge on any atom is -0.464 e. The Hall–Kier alpha value is -1.69. The second kappa shape index (κ2) is 5.77. The van der Waals surface area contributed by atoms with Crippen molar-refractivity contribution in [2.75, 3.05) is 32.1 Å². The van der Waals surface area contributed by atoms with Crippen LogP contribution in [0.2, 0.25) is 0 Å². The van der Waals surface area contributed by atoms with Crippen molar-refractivity contribution in [3.8, 4) is 0 Å². The van der Waals surface area contributed by atoms with Gasteiger partial charge in [-0.05, 0) is 12.0 Å². The van der Waals surface area contributed by atoms with Gasteiger partial charge in [0.25, 0.3) is 0 Å².